The molecule has 0 saturated carbocycles. The highest BCUT2D eigenvalue weighted by atomic mass is 19.4. The predicted octanol–water partition coefficient (Wildman–Crippen LogP) is 4.76. The number of para-hydroxylation sites is 1. The van der Waals surface area contributed by atoms with Crippen molar-refractivity contribution in [1.29, 1.82) is 0 Å². The normalized spacial score (nSPS) is 11.3. The molecule has 0 heterocycles. The van der Waals surface area contributed by atoms with Crippen LogP contribution in [0, 0.1) is 6.92 Å². The Hall–Kier alpha value is -1.97. The van der Waals surface area contributed by atoms with Crippen LogP contribution in [0.15, 0.2) is 48.5 Å². The summed E-state index contributed by atoms with van der Waals surface area (Å²) in [5.74, 6) is 0. The number of halogens is 3. The van der Waals surface area contributed by atoms with Crippen LogP contribution in [0.2, 0.25) is 0 Å². The molecule has 0 radical (unpaired) electrons. The molecule has 2 aromatic carbocycles. The van der Waals surface area contributed by atoms with Crippen molar-refractivity contribution in [2.75, 3.05) is 5.32 Å². The third-order valence-electron chi connectivity index (χ3n) is 2.61. The highest BCUT2D eigenvalue weighted by molar-refractivity contribution is 5.61. The third-order valence-corrected chi connectivity index (χ3v) is 2.61. The summed E-state index contributed by atoms with van der Waals surface area (Å²) in [6.07, 6.45) is -4.32. The van der Waals surface area contributed by atoms with Crippen molar-refractivity contribution in [1.82, 2.24) is 0 Å². The predicted molar refractivity (Wildman–Crippen MR) is 65.9 cm³/mol. The largest absolute Gasteiger partial charge is 0.416 e. The van der Waals surface area contributed by atoms with Crippen LogP contribution in [0.25, 0.3) is 0 Å². The molecule has 0 bridgehead atoms. The molecule has 0 aliphatic carbocycles. The lowest BCUT2D eigenvalue weighted by atomic mass is 10.1. The standard InChI is InChI=1S/C14H12F3N/c1-10-7-8-12(9-13(10)14(15,16)17)18-11-5-3-2-4-6-11/h2-9,18H,1H3. The van der Waals surface area contributed by atoms with Gasteiger partial charge in [0.1, 0.15) is 0 Å². The van der Waals surface area contributed by atoms with E-state index in [1.807, 2.05) is 18.2 Å². The molecule has 0 spiro atoms. The summed E-state index contributed by atoms with van der Waals surface area (Å²) in [6, 6.07) is 13.3. The van der Waals surface area contributed by atoms with Crippen LogP contribution < -0.4 is 5.32 Å². The molecule has 0 fully saturated rings. The van der Waals surface area contributed by atoms with E-state index in [-0.39, 0.29) is 5.56 Å². The zero-order valence-corrected chi connectivity index (χ0v) is 9.75. The lowest BCUT2D eigenvalue weighted by molar-refractivity contribution is -0.138. The molecule has 0 atom stereocenters. The van der Waals surface area contributed by atoms with Gasteiger partial charge in [-0.3, -0.25) is 0 Å². The maximum Gasteiger partial charge on any atom is 0.416 e. The van der Waals surface area contributed by atoms with Crippen LogP contribution in [0.3, 0.4) is 0 Å². The maximum atomic E-state index is 12.7. The second-order valence-corrected chi connectivity index (χ2v) is 4.02. The molecule has 2 aromatic rings. The van der Waals surface area contributed by atoms with Crippen LogP contribution >= 0.6 is 0 Å². The molecular weight excluding hydrogens is 239 g/mol. The second kappa shape index (κ2) is 4.72. The fraction of sp³-hybridized carbons (Fsp3) is 0.143. The number of benzene rings is 2. The van der Waals surface area contributed by atoms with Gasteiger partial charge >= 0.3 is 6.18 Å². The first kappa shape index (κ1) is 12.5. The minimum absolute atomic E-state index is 0.223. The zero-order chi connectivity index (χ0) is 13.2. The van der Waals surface area contributed by atoms with Gasteiger partial charge in [0.05, 0.1) is 5.56 Å². The SMILES string of the molecule is Cc1ccc(Nc2ccccc2)cc1C(F)(F)F. The Balaban J connectivity index is 2.31. The Bertz CT molecular complexity index is 532. The first-order valence-corrected chi connectivity index (χ1v) is 5.47. The molecule has 1 nitrogen and oxygen atoms in total. The Morgan fingerprint density at radius 3 is 2.17 bits per heavy atom. The molecule has 0 saturated heterocycles. The van der Waals surface area contributed by atoms with Crippen LogP contribution in [0.4, 0.5) is 24.5 Å². The van der Waals surface area contributed by atoms with E-state index in [1.54, 1.807) is 18.2 Å². The van der Waals surface area contributed by atoms with E-state index in [9.17, 15) is 13.2 Å². The van der Waals surface area contributed by atoms with Crippen molar-refractivity contribution in [3.8, 4) is 0 Å². The van der Waals surface area contributed by atoms with E-state index in [0.717, 1.165) is 11.8 Å². The van der Waals surface area contributed by atoms with Crippen LogP contribution in [-0.2, 0) is 6.18 Å². The second-order valence-electron chi connectivity index (χ2n) is 4.02. The van der Waals surface area contributed by atoms with Gasteiger partial charge in [0.25, 0.3) is 0 Å². The van der Waals surface area contributed by atoms with E-state index < -0.39 is 11.7 Å². The molecule has 0 aliphatic rings. The van der Waals surface area contributed by atoms with Gasteiger partial charge in [0, 0.05) is 11.4 Å². The van der Waals surface area contributed by atoms with Crippen molar-refractivity contribution >= 4 is 11.4 Å². The molecule has 18 heavy (non-hydrogen) atoms. The summed E-state index contributed by atoms with van der Waals surface area (Å²) >= 11 is 0. The van der Waals surface area contributed by atoms with E-state index in [1.165, 1.54) is 13.0 Å². The molecule has 0 unspecified atom stereocenters. The van der Waals surface area contributed by atoms with Gasteiger partial charge in [0.2, 0.25) is 0 Å². The molecule has 1 N–H and O–H groups in total. The molecule has 2 rings (SSSR count). The summed E-state index contributed by atoms with van der Waals surface area (Å²) in [4.78, 5) is 0. The van der Waals surface area contributed by atoms with Gasteiger partial charge < -0.3 is 5.32 Å². The Morgan fingerprint density at radius 1 is 0.889 bits per heavy atom. The average Bonchev–Trinajstić information content (AvgIpc) is 2.31. The fourth-order valence-corrected chi connectivity index (χ4v) is 1.69. The smallest absolute Gasteiger partial charge is 0.356 e. The van der Waals surface area contributed by atoms with Crippen LogP contribution in [0.5, 0.6) is 0 Å². The maximum absolute atomic E-state index is 12.7. The molecule has 4 heteroatoms. The van der Waals surface area contributed by atoms with Crippen molar-refractivity contribution < 1.29 is 13.2 Å². The highest BCUT2D eigenvalue weighted by Gasteiger charge is 2.32. The Labute approximate surface area is 103 Å². The Kier molecular flexibility index (Phi) is 3.28. The monoisotopic (exact) mass is 251 g/mol. The number of hydrogen-bond donors (Lipinski definition) is 1. The lowest BCUT2D eigenvalue weighted by Crippen LogP contribution is -2.08. The minimum Gasteiger partial charge on any atom is -0.356 e. The first-order valence-electron chi connectivity index (χ1n) is 5.47. The average molecular weight is 251 g/mol. The first-order chi connectivity index (χ1) is 8.47. The quantitative estimate of drug-likeness (QED) is 0.811. The van der Waals surface area contributed by atoms with E-state index >= 15 is 0 Å². The Morgan fingerprint density at radius 2 is 1.56 bits per heavy atom. The minimum atomic E-state index is -4.32. The molecule has 94 valence electrons. The number of alkyl halides is 3. The molecular formula is C14H12F3N. The van der Waals surface area contributed by atoms with Gasteiger partial charge in [-0.2, -0.15) is 13.2 Å². The number of rotatable bonds is 2. The van der Waals surface area contributed by atoms with Gasteiger partial charge in [-0.25, -0.2) is 0 Å². The van der Waals surface area contributed by atoms with E-state index in [2.05, 4.69) is 5.32 Å². The van der Waals surface area contributed by atoms with Gasteiger partial charge in [-0.05, 0) is 36.8 Å². The summed E-state index contributed by atoms with van der Waals surface area (Å²) in [5, 5.41) is 2.94. The van der Waals surface area contributed by atoms with E-state index in [4.69, 9.17) is 0 Å². The number of hydrogen-bond acceptors (Lipinski definition) is 1. The summed E-state index contributed by atoms with van der Waals surface area (Å²) in [7, 11) is 0. The van der Waals surface area contributed by atoms with Gasteiger partial charge in [-0.15, -0.1) is 0 Å². The fourth-order valence-electron chi connectivity index (χ4n) is 1.69. The third kappa shape index (κ3) is 2.83. The summed E-state index contributed by atoms with van der Waals surface area (Å²) < 4.78 is 38.2. The van der Waals surface area contributed by atoms with Gasteiger partial charge in [0.15, 0.2) is 0 Å². The molecule has 0 aliphatic heterocycles. The van der Waals surface area contributed by atoms with E-state index in [0.29, 0.717) is 5.69 Å². The number of aryl methyl sites for hydroxylation is 1. The number of anilines is 2. The van der Waals surface area contributed by atoms with Crippen molar-refractivity contribution in [2.45, 2.75) is 13.1 Å². The van der Waals surface area contributed by atoms with Crippen molar-refractivity contribution in [3.05, 3.63) is 59.7 Å². The summed E-state index contributed by atoms with van der Waals surface area (Å²) in [5.41, 5.74) is 0.804. The topological polar surface area (TPSA) is 12.0 Å². The van der Waals surface area contributed by atoms with Crippen LogP contribution in [0.1, 0.15) is 11.1 Å². The van der Waals surface area contributed by atoms with Crippen molar-refractivity contribution in [3.63, 3.8) is 0 Å². The lowest BCUT2D eigenvalue weighted by Gasteiger charge is -2.13. The number of nitrogens with one attached hydrogen (secondary N) is 1. The molecule has 0 amide bonds. The molecule has 0 aromatic heterocycles. The van der Waals surface area contributed by atoms with Gasteiger partial charge in [-0.1, -0.05) is 24.3 Å². The zero-order valence-electron chi connectivity index (χ0n) is 9.75. The van der Waals surface area contributed by atoms with Crippen molar-refractivity contribution in [2.24, 2.45) is 0 Å². The highest BCUT2D eigenvalue weighted by Crippen LogP contribution is 2.34. The summed E-state index contributed by atoms with van der Waals surface area (Å²) in [6.45, 7) is 1.45. The van der Waals surface area contributed by atoms with Crippen LogP contribution in [-0.4, -0.2) is 0 Å².